The lowest BCUT2D eigenvalue weighted by molar-refractivity contribution is 0.0115. The van der Waals surface area contributed by atoms with Crippen molar-refractivity contribution in [3.63, 3.8) is 0 Å². The van der Waals surface area contributed by atoms with Crippen LogP contribution in [0.5, 0.6) is 0 Å². The molecule has 132 valence electrons. The first-order valence-corrected chi connectivity index (χ1v) is 8.61. The van der Waals surface area contributed by atoms with Crippen molar-refractivity contribution in [2.45, 2.75) is 18.4 Å². The molecule has 0 amide bonds. The van der Waals surface area contributed by atoms with E-state index in [1.807, 2.05) is 18.2 Å². The summed E-state index contributed by atoms with van der Waals surface area (Å²) in [5, 5.41) is 10.9. The lowest BCUT2D eigenvalue weighted by Crippen LogP contribution is -2.43. The third-order valence-corrected chi connectivity index (χ3v) is 4.86. The zero-order chi connectivity index (χ0) is 18.0. The molecule has 0 unspecified atom stereocenters. The van der Waals surface area contributed by atoms with E-state index < -0.39 is 5.60 Å². The van der Waals surface area contributed by atoms with E-state index in [9.17, 15) is 9.50 Å². The second-order valence-corrected chi connectivity index (χ2v) is 6.51. The smallest absolute Gasteiger partial charge is 0.225 e. The van der Waals surface area contributed by atoms with Crippen molar-refractivity contribution in [1.82, 2.24) is 15.0 Å². The van der Waals surface area contributed by atoms with Crippen molar-refractivity contribution in [1.29, 1.82) is 0 Å². The number of anilines is 1. The van der Waals surface area contributed by atoms with Gasteiger partial charge in [0.2, 0.25) is 5.95 Å². The van der Waals surface area contributed by atoms with Crippen LogP contribution in [-0.4, -0.2) is 33.1 Å². The van der Waals surface area contributed by atoms with Crippen LogP contribution in [0.25, 0.3) is 11.3 Å². The van der Waals surface area contributed by atoms with Gasteiger partial charge in [-0.05, 0) is 48.7 Å². The molecule has 0 saturated carbocycles. The van der Waals surface area contributed by atoms with Crippen molar-refractivity contribution in [2.24, 2.45) is 0 Å². The number of hydrogen-bond donors (Lipinski definition) is 1. The highest BCUT2D eigenvalue weighted by Gasteiger charge is 2.34. The summed E-state index contributed by atoms with van der Waals surface area (Å²) in [6.45, 7) is 1.26. The maximum Gasteiger partial charge on any atom is 0.225 e. The van der Waals surface area contributed by atoms with Crippen molar-refractivity contribution in [3.8, 4) is 11.3 Å². The minimum Gasteiger partial charge on any atom is -0.385 e. The fourth-order valence-electron chi connectivity index (χ4n) is 3.30. The van der Waals surface area contributed by atoms with Crippen LogP contribution in [-0.2, 0) is 5.60 Å². The molecule has 4 rings (SSSR count). The van der Waals surface area contributed by atoms with Gasteiger partial charge < -0.3 is 10.0 Å². The van der Waals surface area contributed by atoms with Gasteiger partial charge in [-0.1, -0.05) is 12.1 Å². The van der Waals surface area contributed by atoms with E-state index >= 15 is 0 Å². The van der Waals surface area contributed by atoms with E-state index in [2.05, 4.69) is 19.9 Å². The monoisotopic (exact) mass is 350 g/mol. The summed E-state index contributed by atoms with van der Waals surface area (Å²) in [5.41, 5.74) is 1.58. The molecule has 0 bridgehead atoms. The Kier molecular flexibility index (Phi) is 4.34. The number of hydrogen-bond acceptors (Lipinski definition) is 5. The van der Waals surface area contributed by atoms with E-state index in [-0.39, 0.29) is 5.82 Å². The van der Waals surface area contributed by atoms with Gasteiger partial charge in [-0.2, -0.15) is 0 Å². The molecule has 1 aliphatic heterocycles. The Morgan fingerprint density at radius 2 is 1.77 bits per heavy atom. The zero-order valence-electron chi connectivity index (χ0n) is 14.2. The number of aliphatic hydroxyl groups is 1. The van der Waals surface area contributed by atoms with Gasteiger partial charge in [0, 0.05) is 37.2 Å². The number of benzene rings is 1. The van der Waals surface area contributed by atoms with Gasteiger partial charge in [-0.15, -0.1) is 0 Å². The van der Waals surface area contributed by atoms with Gasteiger partial charge in [0.05, 0.1) is 11.3 Å². The topological polar surface area (TPSA) is 62.1 Å². The van der Waals surface area contributed by atoms with Gasteiger partial charge >= 0.3 is 0 Å². The highest BCUT2D eigenvalue weighted by atomic mass is 19.1. The van der Waals surface area contributed by atoms with Crippen LogP contribution in [0, 0.1) is 5.82 Å². The fraction of sp³-hybridized carbons (Fsp3) is 0.250. The van der Waals surface area contributed by atoms with Gasteiger partial charge in [0.15, 0.2) is 0 Å². The quantitative estimate of drug-likeness (QED) is 0.786. The Balaban J connectivity index is 1.51. The second-order valence-electron chi connectivity index (χ2n) is 6.51. The summed E-state index contributed by atoms with van der Waals surface area (Å²) >= 11 is 0. The standard InChI is InChI=1S/C20H19FN4O/c21-17-5-3-16(4-6-17)20(26)8-12-25(13-9-20)19-23-11-7-18(24-19)15-2-1-10-22-14-15/h1-7,10-11,14,26H,8-9,12-13H2. The summed E-state index contributed by atoms with van der Waals surface area (Å²) < 4.78 is 13.1. The van der Waals surface area contributed by atoms with Crippen molar-refractivity contribution < 1.29 is 9.50 Å². The van der Waals surface area contributed by atoms with Crippen LogP contribution < -0.4 is 4.90 Å². The minimum atomic E-state index is -0.939. The molecular weight excluding hydrogens is 331 g/mol. The number of rotatable bonds is 3. The summed E-state index contributed by atoms with van der Waals surface area (Å²) in [6.07, 6.45) is 6.33. The van der Waals surface area contributed by atoms with Crippen LogP contribution in [0.2, 0.25) is 0 Å². The van der Waals surface area contributed by atoms with Crippen molar-refractivity contribution >= 4 is 5.95 Å². The molecule has 6 heteroatoms. The van der Waals surface area contributed by atoms with E-state index in [4.69, 9.17) is 0 Å². The first kappa shape index (κ1) is 16.6. The molecule has 0 radical (unpaired) electrons. The van der Waals surface area contributed by atoms with Crippen LogP contribution in [0.15, 0.2) is 61.1 Å². The number of halogens is 1. The maximum absolute atomic E-state index is 13.1. The Morgan fingerprint density at radius 1 is 1.00 bits per heavy atom. The number of piperidine rings is 1. The molecule has 1 aliphatic rings. The average Bonchev–Trinajstić information content (AvgIpc) is 2.70. The van der Waals surface area contributed by atoms with Gasteiger partial charge in [-0.3, -0.25) is 4.98 Å². The maximum atomic E-state index is 13.1. The van der Waals surface area contributed by atoms with Crippen LogP contribution in [0.3, 0.4) is 0 Å². The van der Waals surface area contributed by atoms with Crippen LogP contribution in [0.1, 0.15) is 18.4 Å². The molecule has 1 fully saturated rings. The zero-order valence-corrected chi connectivity index (χ0v) is 14.2. The molecule has 3 aromatic rings. The normalized spacial score (nSPS) is 16.5. The van der Waals surface area contributed by atoms with Gasteiger partial charge in [-0.25, -0.2) is 14.4 Å². The first-order chi connectivity index (χ1) is 12.6. The molecule has 1 saturated heterocycles. The second kappa shape index (κ2) is 6.80. The van der Waals surface area contributed by atoms with Crippen molar-refractivity contribution in [3.05, 3.63) is 72.4 Å². The molecule has 2 aromatic heterocycles. The Bertz CT molecular complexity index is 878. The summed E-state index contributed by atoms with van der Waals surface area (Å²) in [7, 11) is 0. The minimum absolute atomic E-state index is 0.296. The predicted molar refractivity (Wildman–Crippen MR) is 97.0 cm³/mol. The number of aromatic nitrogens is 3. The van der Waals surface area contributed by atoms with E-state index in [1.54, 1.807) is 30.7 Å². The Hall–Kier alpha value is -2.86. The number of pyridine rings is 1. The molecule has 0 aliphatic carbocycles. The lowest BCUT2D eigenvalue weighted by atomic mass is 9.84. The molecule has 3 heterocycles. The fourth-order valence-corrected chi connectivity index (χ4v) is 3.30. The van der Waals surface area contributed by atoms with E-state index in [0.29, 0.717) is 31.9 Å². The Labute approximate surface area is 151 Å². The Morgan fingerprint density at radius 3 is 2.46 bits per heavy atom. The highest BCUT2D eigenvalue weighted by molar-refractivity contribution is 5.58. The molecule has 0 spiro atoms. The predicted octanol–water partition coefficient (Wildman–Crippen LogP) is 3.17. The van der Waals surface area contributed by atoms with E-state index in [0.717, 1.165) is 16.8 Å². The summed E-state index contributed by atoms with van der Waals surface area (Å²) in [5.74, 6) is 0.350. The molecule has 0 atom stereocenters. The average molecular weight is 350 g/mol. The SMILES string of the molecule is OC1(c2ccc(F)cc2)CCN(c2nccc(-c3cccnc3)n2)CC1. The van der Waals surface area contributed by atoms with Crippen molar-refractivity contribution in [2.75, 3.05) is 18.0 Å². The van der Waals surface area contributed by atoms with Gasteiger partial charge in [0.1, 0.15) is 5.82 Å². The van der Waals surface area contributed by atoms with Gasteiger partial charge in [0.25, 0.3) is 0 Å². The molecular formula is C20H19FN4O. The van der Waals surface area contributed by atoms with E-state index in [1.165, 1.54) is 12.1 Å². The highest BCUT2D eigenvalue weighted by Crippen LogP contribution is 2.34. The largest absolute Gasteiger partial charge is 0.385 e. The molecule has 26 heavy (non-hydrogen) atoms. The lowest BCUT2D eigenvalue weighted by Gasteiger charge is -2.38. The van der Waals surface area contributed by atoms with Crippen LogP contribution in [0.4, 0.5) is 10.3 Å². The third kappa shape index (κ3) is 3.28. The molecule has 1 N–H and O–H groups in total. The first-order valence-electron chi connectivity index (χ1n) is 8.61. The summed E-state index contributed by atoms with van der Waals surface area (Å²) in [4.78, 5) is 15.2. The van der Waals surface area contributed by atoms with Crippen LogP contribution >= 0.6 is 0 Å². The third-order valence-electron chi connectivity index (χ3n) is 4.86. The number of nitrogens with zero attached hydrogens (tertiary/aromatic N) is 4. The molecule has 5 nitrogen and oxygen atoms in total. The molecule has 1 aromatic carbocycles. The summed E-state index contributed by atoms with van der Waals surface area (Å²) in [6, 6.07) is 11.8.